The van der Waals surface area contributed by atoms with E-state index in [1.165, 1.54) is 76.0 Å². The van der Waals surface area contributed by atoms with Crippen LogP contribution < -0.4 is 0 Å². The summed E-state index contributed by atoms with van der Waals surface area (Å²) in [4.78, 5) is 24.9. The molecule has 0 aliphatic carbocycles. The Kier molecular flexibility index (Phi) is 13.6. The zero-order valence-electron chi connectivity index (χ0n) is 18.9. The summed E-state index contributed by atoms with van der Waals surface area (Å²) in [5.74, 6) is 0.0177. The van der Waals surface area contributed by atoms with E-state index in [4.69, 9.17) is 4.74 Å². The molecule has 0 unspecified atom stereocenters. The molecular weight excluding hydrogens is 406 g/mol. The summed E-state index contributed by atoms with van der Waals surface area (Å²) in [5.41, 5.74) is 1.55. The maximum Gasteiger partial charge on any atom is 0.316 e. The Labute approximate surface area is 191 Å². The van der Waals surface area contributed by atoms with Gasteiger partial charge >= 0.3 is 5.97 Å². The van der Waals surface area contributed by atoms with Gasteiger partial charge in [0.25, 0.3) is 0 Å². The predicted octanol–water partition coefficient (Wildman–Crippen LogP) is 6.88. The first kappa shape index (κ1) is 25.3. The number of esters is 1. The Balaban J connectivity index is 1.46. The van der Waals surface area contributed by atoms with Crippen LogP contribution in [0.1, 0.15) is 84.0 Å². The van der Waals surface area contributed by atoms with Crippen LogP contribution >= 0.6 is 11.8 Å². The summed E-state index contributed by atoms with van der Waals surface area (Å²) < 4.78 is 5.34. The largest absolute Gasteiger partial charge is 0.465 e. The molecule has 0 radical (unpaired) electrons. The number of rotatable bonds is 17. The summed E-state index contributed by atoms with van der Waals surface area (Å²) in [5, 5.41) is 0.561. The third-order valence-corrected chi connectivity index (χ3v) is 5.98. The van der Waals surface area contributed by atoms with E-state index >= 15 is 0 Å². The molecule has 0 aromatic carbocycles. The van der Waals surface area contributed by atoms with Gasteiger partial charge in [-0.3, -0.25) is 9.78 Å². The van der Waals surface area contributed by atoms with E-state index in [1.54, 1.807) is 12.4 Å². The van der Waals surface area contributed by atoms with Crippen LogP contribution in [0, 0.1) is 0 Å². The fraction of sp³-hybridized carbons (Fsp3) is 0.600. The number of carbonyl (C=O) groups is 1. The number of hydrogen-bond donors (Lipinski definition) is 0. The van der Waals surface area contributed by atoms with Crippen LogP contribution in [0.4, 0.5) is 0 Å². The number of thioether (sulfide) groups is 1. The van der Waals surface area contributed by atoms with E-state index in [-0.39, 0.29) is 11.7 Å². The summed E-state index contributed by atoms with van der Waals surface area (Å²) in [6.07, 6.45) is 19.0. The number of nitrogens with zero attached hydrogens (tertiary/aromatic N) is 3. The highest BCUT2D eigenvalue weighted by molar-refractivity contribution is 7.99. The number of ether oxygens (including phenoxy) is 1. The van der Waals surface area contributed by atoms with Crippen molar-refractivity contribution >= 4 is 17.7 Å². The highest BCUT2D eigenvalue weighted by atomic mass is 32.2. The van der Waals surface area contributed by atoms with E-state index < -0.39 is 0 Å². The van der Waals surface area contributed by atoms with Crippen molar-refractivity contribution in [2.24, 2.45) is 0 Å². The summed E-state index contributed by atoms with van der Waals surface area (Å²) >= 11 is 1.30. The maximum atomic E-state index is 12.0. The van der Waals surface area contributed by atoms with Crippen molar-refractivity contribution in [2.75, 3.05) is 12.4 Å². The quantitative estimate of drug-likeness (QED) is 0.115. The fourth-order valence-corrected chi connectivity index (χ4v) is 3.99. The highest BCUT2D eigenvalue weighted by Crippen LogP contribution is 2.18. The first-order valence-corrected chi connectivity index (χ1v) is 12.8. The van der Waals surface area contributed by atoms with Gasteiger partial charge in [-0.1, -0.05) is 95.4 Å². The number of hydrogen-bond acceptors (Lipinski definition) is 6. The molecular formula is C25H37N3O2S. The molecule has 5 nitrogen and oxygen atoms in total. The van der Waals surface area contributed by atoms with E-state index in [9.17, 15) is 4.79 Å². The molecule has 0 saturated carbocycles. The zero-order valence-corrected chi connectivity index (χ0v) is 19.7. The van der Waals surface area contributed by atoms with Gasteiger partial charge in [0, 0.05) is 12.4 Å². The number of aromatic nitrogens is 3. The first-order valence-electron chi connectivity index (χ1n) is 11.8. The second-order valence-electron chi connectivity index (χ2n) is 7.84. The summed E-state index contributed by atoms with van der Waals surface area (Å²) in [7, 11) is 0. The molecule has 170 valence electrons. The molecule has 0 saturated heterocycles. The third-order valence-electron chi connectivity index (χ3n) is 5.14. The Morgan fingerprint density at radius 2 is 1.48 bits per heavy atom. The van der Waals surface area contributed by atoms with Gasteiger partial charge in [-0.25, -0.2) is 9.97 Å². The number of carbonyl (C=O) groups excluding carboxylic acids is 1. The van der Waals surface area contributed by atoms with Crippen LogP contribution in [0.15, 0.2) is 41.8 Å². The number of unbranched alkanes of at least 4 members (excludes halogenated alkanes) is 11. The SMILES string of the molecule is CCCCCCCCCCCCCCOC(=O)CSc1nccc(-c2ccccn2)n1. The molecule has 0 spiro atoms. The van der Waals surface area contributed by atoms with Crippen molar-refractivity contribution in [3.05, 3.63) is 36.7 Å². The Morgan fingerprint density at radius 1 is 0.806 bits per heavy atom. The van der Waals surface area contributed by atoms with Gasteiger partial charge in [-0.15, -0.1) is 0 Å². The minimum Gasteiger partial charge on any atom is -0.465 e. The van der Waals surface area contributed by atoms with Crippen molar-refractivity contribution in [1.82, 2.24) is 15.0 Å². The highest BCUT2D eigenvalue weighted by Gasteiger charge is 2.08. The maximum absolute atomic E-state index is 12.0. The molecule has 6 heteroatoms. The van der Waals surface area contributed by atoms with Gasteiger partial charge in [-0.2, -0.15) is 0 Å². The lowest BCUT2D eigenvalue weighted by atomic mass is 10.1. The van der Waals surface area contributed by atoms with E-state index in [2.05, 4.69) is 21.9 Å². The van der Waals surface area contributed by atoms with Crippen LogP contribution in [0.2, 0.25) is 0 Å². The van der Waals surface area contributed by atoms with Crippen LogP contribution in [0.5, 0.6) is 0 Å². The summed E-state index contributed by atoms with van der Waals surface area (Å²) in [6, 6.07) is 7.51. The Hall–Kier alpha value is -1.95. The van der Waals surface area contributed by atoms with Crippen molar-refractivity contribution in [2.45, 2.75) is 89.1 Å². The molecule has 0 amide bonds. The molecule has 2 aromatic heterocycles. The molecule has 0 atom stereocenters. The molecule has 2 rings (SSSR count). The van der Waals surface area contributed by atoms with Crippen molar-refractivity contribution in [3.8, 4) is 11.4 Å². The minimum absolute atomic E-state index is 0.208. The molecule has 2 heterocycles. The lowest BCUT2D eigenvalue weighted by Gasteiger charge is -2.05. The van der Waals surface area contributed by atoms with Crippen LogP contribution in [-0.2, 0) is 9.53 Å². The van der Waals surface area contributed by atoms with Gasteiger partial charge in [-0.05, 0) is 24.6 Å². The molecule has 0 bridgehead atoms. The standard InChI is InChI=1S/C25H37N3O2S/c1-2-3-4-5-6-7-8-9-10-11-12-15-20-30-24(29)21-31-25-27-19-17-23(28-25)22-16-13-14-18-26-22/h13-14,16-19H,2-12,15,20-21H2,1H3. The van der Waals surface area contributed by atoms with E-state index in [0.29, 0.717) is 11.8 Å². The molecule has 2 aromatic rings. The summed E-state index contributed by atoms with van der Waals surface area (Å²) in [6.45, 7) is 2.77. The molecule has 0 N–H and O–H groups in total. The van der Waals surface area contributed by atoms with Crippen molar-refractivity contribution < 1.29 is 9.53 Å². The first-order chi connectivity index (χ1) is 15.3. The van der Waals surface area contributed by atoms with Gasteiger partial charge < -0.3 is 4.74 Å². The normalized spacial score (nSPS) is 10.9. The third kappa shape index (κ3) is 11.9. The number of pyridine rings is 1. The lowest BCUT2D eigenvalue weighted by molar-refractivity contribution is -0.140. The average Bonchev–Trinajstić information content (AvgIpc) is 2.81. The molecule has 0 fully saturated rings. The van der Waals surface area contributed by atoms with Crippen molar-refractivity contribution in [1.29, 1.82) is 0 Å². The lowest BCUT2D eigenvalue weighted by Crippen LogP contribution is -2.09. The monoisotopic (exact) mass is 443 g/mol. The molecule has 0 aliphatic heterocycles. The van der Waals surface area contributed by atoms with E-state index in [1.807, 2.05) is 24.3 Å². The topological polar surface area (TPSA) is 65.0 Å². The van der Waals surface area contributed by atoms with Crippen LogP contribution in [-0.4, -0.2) is 33.3 Å². The van der Waals surface area contributed by atoms with Crippen molar-refractivity contribution in [3.63, 3.8) is 0 Å². The molecule has 0 aliphatic rings. The van der Waals surface area contributed by atoms with Crippen LogP contribution in [0.3, 0.4) is 0 Å². The predicted molar refractivity (Wildman–Crippen MR) is 128 cm³/mol. The second-order valence-corrected chi connectivity index (χ2v) is 8.78. The van der Waals surface area contributed by atoms with Gasteiger partial charge in [0.15, 0.2) is 5.16 Å². The minimum atomic E-state index is -0.208. The molecule has 31 heavy (non-hydrogen) atoms. The van der Waals surface area contributed by atoms with Gasteiger partial charge in [0.1, 0.15) is 0 Å². The van der Waals surface area contributed by atoms with E-state index in [0.717, 1.165) is 24.2 Å². The smallest absolute Gasteiger partial charge is 0.316 e. The van der Waals surface area contributed by atoms with Crippen LogP contribution in [0.25, 0.3) is 11.4 Å². The second kappa shape index (κ2) is 16.7. The zero-order chi connectivity index (χ0) is 22.0. The Morgan fingerprint density at radius 3 is 2.13 bits per heavy atom. The van der Waals surface area contributed by atoms with Gasteiger partial charge in [0.2, 0.25) is 0 Å². The average molecular weight is 444 g/mol. The van der Waals surface area contributed by atoms with Gasteiger partial charge in [0.05, 0.1) is 23.7 Å². The fourth-order valence-electron chi connectivity index (χ4n) is 3.36. The Bertz CT molecular complexity index is 728.